The van der Waals surface area contributed by atoms with Crippen LogP contribution >= 0.6 is 0 Å². The zero-order chi connectivity index (χ0) is 34.2. The molecule has 0 aliphatic heterocycles. The number of nitro benzene ring substituents is 2. The van der Waals surface area contributed by atoms with Crippen molar-refractivity contribution in [3.8, 4) is 5.75 Å². The molecular weight excluding hydrogens is 604 g/mol. The number of non-ortho nitro benzene ring substituents is 1. The summed E-state index contributed by atoms with van der Waals surface area (Å²) in [4.78, 5) is 94.6. The topological polar surface area (TPSA) is 388 Å². The molecule has 236 valence electrons. The average molecular weight is 624 g/mol. The number of nitro groups is 6. The number of hydrogen-bond donors (Lipinski definition) is 3. The van der Waals surface area contributed by atoms with E-state index in [0.29, 0.717) is 6.07 Å². The molecule has 1 aliphatic rings. The highest BCUT2D eigenvalue weighted by molar-refractivity contribution is 5.85. The predicted molar refractivity (Wildman–Crippen MR) is 130 cm³/mol. The number of hydrogen-bond acceptors (Lipinski definition) is 19. The summed E-state index contributed by atoms with van der Waals surface area (Å²) in [6, 6.07) is -3.00. The number of benzene rings is 1. The van der Waals surface area contributed by atoms with Crippen LogP contribution in [0, 0.1) is 60.7 Å². The molecule has 0 bridgehead atoms. The summed E-state index contributed by atoms with van der Waals surface area (Å²) in [6.45, 7) is 0.628. The lowest BCUT2D eigenvalue weighted by molar-refractivity contribution is -0.581. The molecule has 25 nitrogen and oxygen atoms in total. The van der Waals surface area contributed by atoms with Gasteiger partial charge in [0.2, 0.25) is 18.4 Å². The number of aldehydes is 2. The number of carbonyl (C=O) groups excluding carboxylic acids is 4. The predicted octanol–water partition coefficient (Wildman–Crippen LogP) is -1.94. The number of aromatic hydroxyl groups is 1. The van der Waals surface area contributed by atoms with E-state index < -0.39 is 102 Å². The van der Waals surface area contributed by atoms with Gasteiger partial charge in [0.15, 0.2) is 17.6 Å². The summed E-state index contributed by atoms with van der Waals surface area (Å²) in [7, 11) is 0. The molecule has 0 heterocycles. The molecule has 0 saturated heterocycles. The molecule has 3 N–H and O–H groups in total. The van der Waals surface area contributed by atoms with Gasteiger partial charge in [0, 0.05) is 39.1 Å². The molecule has 43 heavy (non-hydrogen) atoms. The second-order valence-corrected chi connectivity index (χ2v) is 7.66. The Morgan fingerprint density at radius 3 is 1.72 bits per heavy atom. The van der Waals surface area contributed by atoms with E-state index >= 15 is 0 Å². The third-order valence-corrected chi connectivity index (χ3v) is 4.52. The van der Waals surface area contributed by atoms with Crippen molar-refractivity contribution in [3.63, 3.8) is 0 Å². The van der Waals surface area contributed by atoms with E-state index in [-0.39, 0.29) is 12.6 Å². The van der Waals surface area contributed by atoms with Gasteiger partial charge < -0.3 is 15.3 Å². The maximum atomic E-state index is 11.0. The van der Waals surface area contributed by atoms with Crippen LogP contribution < -0.4 is 0 Å². The second kappa shape index (κ2) is 18.4. The van der Waals surface area contributed by atoms with Gasteiger partial charge in [0.05, 0.1) is 15.9 Å². The fraction of sp³-hybridized carbons (Fsp3) is 0.444. The summed E-state index contributed by atoms with van der Waals surface area (Å²) >= 11 is 0. The number of Topliss-reactive ketones (excluding diaryl/α,β-unsaturated/α-hetero) is 2. The first-order valence-corrected chi connectivity index (χ1v) is 10.7. The van der Waals surface area contributed by atoms with Crippen molar-refractivity contribution in [3.05, 3.63) is 78.9 Å². The highest BCUT2D eigenvalue weighted by Crippen LogP contribution is 2.29. The van der Waals surface area contributed by atoms with Crippen LogP contribution in [0.5, 0.6) is 5.75 Å². The second-order valence-electron chi connectivity index (χ2n) is 7.66. The van der Waals surface area contributed by atoms with Crippen LogP contribution in [-0.4, -0.2) is 106 Å². The first-order chi connectivity index (χ1) is 19.7. The number of phenolic OH excluding ortho intramolecular Hbond substituents is 1. The van der Waals surface area contributed by atoms with Crippen molar-refractivity contribution in [1.82, 2.24) is 0 Å². The maximum absolute atomic E-state index is 11.0. The molecule has 4 atom stereocenters. The highest BCUT2D eigenvalue weighted by atomic mass is 16.7. The summed E-state index contributed by atoms with van der Waals surface area (Å²) in [5.41, 5.74) is -1.10. The maximum Gasteiger partial charge on any atom is 0.321 e. The van der Waals surface area contributed by atoms with Crippen LogP contribution in [0.15, 0.2) is 18.2 Å². The smallest absolute Gasteiger partial charge is 0.321 e. The molecule has 1 saturated carbocycles. The minimum Gasteiger partial charge on any atom is -0.502 e. The van der Waals surface area contributed by atoms with Gasteiger partial charge in [-0.2, -0.15) is 0 Å². The first kappa shape index (κ1) is 39.2. The Kier molecular flexibility index (Phi) is 16.7. The van der Waals surface area contributed by atoms with E-state index in [2.05, 4.69) is 0 Å². The lowest BCUT2D eigenvalue weighted by Crippen LogP contribution is -2.59. The quantitative estimate of drug-likeness (QED) is 0.116. The van der Waals surface area contributed by atoms with Gasteiger partial charge in [-0.15, -0.1) is 0 Å². The Morgan fingerprint density at radius 1 is 0.930 bits per heavy atom. The summed E-state index contributed by atoms with van der Waals surface area (Å²) in [6.07, 6.45) is -4.50. The third-order valence-electron chi connectivity index (χ3n) is 4.52. The third kappa shape index (κ3) is 13.8. The number of phenols is 1. The fourth-order valence-electron chi connectivity index (χ4n) is 2.64. The van der Waals surface area contributed by atoms with Gasteiger partial charge in [-0.1, -0.05) is 0 Å². The molecule has 1 fully saturated rings. The summed E-state index contributed by atoms with van der Waals surface area (Å²) < 4.78 is 0. The SMILES string of the molecule is CC(=O)C[N+](=O)[O-].O=C1CC(O)C([N+](=O)[O-])C(O)C1[N+](=O)[O-].O=CC(C=O)[N+](=O)[O-].O=[N+]([O-])c1ccc(O)c([N+](=O)[O-])c1. The Hall–Kier alpha value is -5.98. The summed E-state index contributed by atoms with van der Waals surface area (Å²) in [5.74, 6) is -2.00. The minimum absolute atomic E-state index is 0.0208. The van der Waals surface area contributed by atoms with Gasteiger partial charge in [0.1, 0.15) is 6.10 Å². The van der Waals surface area contributed by atoms with E-state index in [1.54, 1.807) is 0 Å². The van der Waals surface area contributed by atoms with Crippen molar-refractivity contribution in [1.29, 1.82) is 0 Å². The Morgan fingerprint density at radius 2 is 1.44 bits per heavy atom. The average Bonchev–Trinajstić information content (AvgIpc) is 2.84. The van der Waals surface area contributed by atoms with Crippen LogP contribution in [0.3, 0.4) is 0 Å². The van der Waals surface area contributed by atoms with Gasteiger partial charge >= 0.3 is 17.8 Å². The minimum atomic E-state index is -2.09. The van der Waals surface area contributed by atoms with Crippen molar-refractivity contribution in [2.45, 2.75) is 43.7 Å². The zero-order valence-electron chi connectivity index (χ0n) is 21.2. The van der Waals surface area contributed by atoms with Gasteiger partial charge in [0.25, 0.3) is 18.3 Å². The first-order valence-electron chi connectivity index (χ1n) is 10.7. The lowest BCUT2D eigenvalue weighted by atomic mass is 9.85. The fourth-order valence-corrected chi connectivity index (χ4v) is 2.64. The number of ketones is 2. The normalized spacial score (nSPS) is 18.5. The number of aliphatic hydroxyl groups excluding tert-OH is 2. The van der Waals surface area contributed by atoms with Crippen molar-refractivity contribution < 1.29 is 64.0 Å². The van der Waals surface area contributed by atoms with Crippen molar-refractivity contribution >= 4 is 35.5 Å². The van der Waals surface area contributed by atoms with Crippen molar-refractivity contribution in [2.75, 3.05) is 6.54 Å². The Bertz CT molecular complexity index is 1250. The summed E-state index contributed by atoms with van der Waals surface area (Å²) in [5, 5.41) is 87.4. The zero-order valence-corrected chi connectivity index (χ0v) is 21.2. The van der Waals surface area contributed by atoms with Crippen LogP contribution in [0.2, 0.25) is 0 Å². The van der Waals surface area contributed by atoms with E-state index in [4.69, 9.17) is 10.2 Å². The van der Waals surface area contributed by atoms with Crippen molar-refractivity contribution in [2.24, 2.45) is 0 Å². The van der Waals surface area contributed by atoms with Gasteiger partial charge in [-0.25, -0.2) is 0 Å². The molecule has 1 aromatic carbocycles. The molecule has 1 aromatic rings. The van der Waals surface area contributed by atoms with Crippen LogP contribution in [-0.2, 0) is 19.2 Å². The van der Waals surface area contributed by atoms with E-state index in [0.717, 1.165) is 12.1 Å². The monoisotopic (exact) mass is 624 g/mol. The number of carbonyl (C=O) groups is 4. The number of nitrogens with zero attached hydrogens (tertiary/aromatic N) is 6. The number of aliphatic hydroxyl groups is 2. The van der Waals surface area contributed by atoms with E-state index in [9.17, 15) is 85.0 Å². The lowest BCUT2D eigenvalue weighted by Gasteiger charge is -2.26. The van der Waals surface area contributed by atoms with Gasteiger partial charge in [-0.3, -0.25) is 79.9 Å². The standard InChI is InChI=1S/C6H8N2O7.C6H4N2O5.C3H3NO4.C3H5NO3/c9-2-1-3(10)5(8(14)15)6(11)4(2)7(12)13;9-6-2-1-4(7(10)11)3-5(6)8(12)13;5-1-3(2-6)4(7)8;1-3(5)2-4(6)7/h2,4-6,9,11H,1H2;1-3,9H;1-3H;2H2,1H3. The Labute approximate surface area is 235 Å². The van der Waals surface area contributed by atoms with E-state index in [1.807, 2.05) is 0 Å². The van der Waals surface area contributed by atoms with Crippen LogP contribution in [0.1, 0.15) is 13.3 Å². The molecule has 0 spiro atoms. The Balaban J connectivity index is 0. The molecule has 0 amide bonds. The molecule has 25 heteroatoms. The number of rotatable bonds is 9. The molecule has 4 unspecified atom stereocenters. The molecule has 2 rings (SSSR count). The van der Waals surface area contributed by atoms with E-state index in [1.165, 1.54) is 6.92 Å². The molecule has 0 radical (unpaired) electrons. The highest BCUT2D eigenvalue weighted by Gasteiger charge is 2.56. The molecule has 0 aromatic heterocycles. The molecule has 1 aliphatic carbocycles. The van der Waals surface area contributed by atoms with Crippen LogP contribution in [0.4, 0.5) is 11.4 Å². The largest absolute Gasteiger partial charge is 0.502 e. The molecular formula is C18H20N6O19. The van der Waals surface area contributed by atoms with Crippen LogP contribution in [0.25, 0.3) is 0 Å². The van der Waals surface area contributed by atoms with Gasteiger partial charge in [-0.05, 0) is 6.07 Å².